The summed E-state index contributed by atoms with van der Waals surface area (Å²) in [5.41, 5.74) is 0.625. The predicted octanol–water partition coefficient (Wildman–Crippen LogP) is 1.54. The van der Waals surface area contributed by atoms with Crippen LogP contribution in [0.4, 0.5) is 5.95 Å². The van der Waals surface area contributed by atoms with Crippen molar-refractivity contribution in [3.63, 3.8) is 0 Å². The zero-order chi connectivity index (χ0) is 11.4. The molecular weight excluding hydrogens is 206 g/mol. The van der Waals surface area contributed by atoms with E-state index in [0.29, 0.717) is 12.5 Å². The van der Waals surface area contributed by atoms with Crippen molar-refractivity contribution in [1.82, 2.24) is 9.97 Å². The fraction of sp³-hybridized carbons (Fsp3) is 0.273. The highest BCUT2D eigenvalue weighted by molar-refractivity contribution is 5.26. The van der Waals surface area contributed by atoms with Gasteiger partial charge in [-0.05, 0) is 18.6 Å². The molecule has 0 atom stereocenters. The summed E-state index contributed by atoms with van der Waals surface area (Å²) in [6.07, 6.45) is 2.34. The molecule has 0 saturated carbocycles. The number of rotatable bonds is 4. The lowest BCUT2D eigenvalue weighted by Crippen LogP contribution is -2.13. The van der Waals surface area contributed by atoms with Crippen LogP contribution in [0.25, 0.3) is 0 Å². The number of nitrogens with zero attached hydrogens (tertiary/aromatic N) is 1. The maximum atomic E-state index is 11.3. The van der Waals surface area contributed by atoms with Gasteiger partial charge in [-0.25, -0.2) is 4.98 Å². The van der Waals surface area contributed by atoms with Crippen molar-refractivity contribution in [2.45, 2.75) is 19.9 Å². The summed E-state index contributed by atoms with van der Waals surface area (Å²) in [6, 6.07) is 5.17. The van der Waals surface area contributed by atoms with Gasteiger partial charge in [0, 0.05) is 11.8 Å². The molecule has 5 nitrogen and oxygen atoms in total. The van der Waals surface area contributed by atoms with Crippen molar-refractivity contribution >= 4 is 5.95 Å². The molecule has 0 aliphatic rings. The van der Waals surface area contributed by atoms with Gasteiger partial charge in [-0.3, -0.25) is 9.78 Å². The third-order valence-corrected chi connectivity index (χ3v) is 2.17. The van der Waals surface area contributed by atoms with Gasteiger partial charge < -0.3 is 9.73 Å². The first-order valence-electron chi connectivity index (χ1n) is 5.14. The van der Waals surface area contributed by atoms with Crippen LogP contribution in [0.15, 0.2) is 33.7 Å². The second-order valence-corrected chi connectivity index (χ2v) is 3.37. The van der Waals surface area contributed by atoms with Crippen LogP contribution in [0.3, 0.4) is 0 Å². The van der Waals surface area contributed by atoms with Gasteiger partial charge in [0.1, 0.15) is 5.76 Å². The minimum atomic E-state index is -0.145. The second-order valence-electron chi connectivity index (χ2n) is 3.37. The van der Waals surface area contributed by atoms with E-state index in [1.165, 1.54) is 6.07 Å². The SMILES string of the molecule is CCc1cc(=O)[nH]c(NCc2ccco2)n1. The first-order valence-corrected chi connectivity index (χ1v) is 5.14. The van der Waals surface area contributed by atoms with Gasteiger partial charge in [0.15, 0.2) is 0 Å². The standard InChI is InChI=1S/C11H13N3O2/c1-2-8-6-10(15)14-11(13-8)12-7-9-4-3-5-16-9/h3-6H,2,7H2,1H3,(H2,12,13,14,15). The molecule has 0 unspecified atom stereocenters. The summed E-state index contributed by atoms with van der Waals surface area (Å²) in [5, 5.41) is 3.00. The second kappa shape index (κ2) is 4.65. The molecule has 0 aromatic carbocycles. The Kier molecular flexibility index (Phi) is 3.05. The number of aryl methyl sites for hydroxylation is 1. The van der Waals surface area contributed by atoms with Gasteiger partial charge >= 0.3 is 0 Å². The largest absolute Gasteiger partial charge is 0.467 e. The number of nitrogens with one attached hydrogen (secondary N) is 2. The Labute approximate surface area is 92.5 Å². The Hall–Kier alpha value is -2.04. The Morgan fingerprint density at radius 3 is 3.12 bits per heavy atom. The minimum Gasteiger partial charge on any atom is -0.467 e. The van der Waals surface area contributed by atoms with Crippen LogP contribution in [0.1, 0.15) is 18.4 Å². The molecule has 2 rings (SSSR count). The maximum Gasteiger partial charge on any atom is 0.252 e. The number of hydrogen-bond donors (Lipinski definition) is 2. The van der Waals surface area contributed by atoms with Gasteiger partial charge in [0.05, 0.1) is 12.8 Å². The predicted molar refractivity (Wildman–Crippen MR) is 60.3 cm³/mol. The van der Waals surface area contributed by atoms with E-state index in [2.05, 4.69) is 15.3 Å². The normalized spacial score (nSPS) is 10.3. The molecule has 84 valence electrons. The van der Waals surface area contributed by atoms with E-state index < -0.39 is 0 Å². The summed E-state index contributed by atoms with van der Waals surface area (Å²) in [6.45, 7) is 2.46. The zero-order valence-electron chi connectivity index (χ0n) is 8.99. The lowest BCUT2D eigenvalue weighted by atomic mass is 10.3. The molecule has 0 bridgehead atoms. The van der Waals surface area contributed by atoms with Crippen LogP contribution in [0.5, 0.6) is 0 Å². The number of anilines is 1. The Morgan fingerprint density at radius 1 is 1.56 bits per heavy atom. The molecular formula is C11H13N3O2. The molecule has 2 heterocycles. The summed E-state index contributed by atoms with van der Waals surface area (Å²) < 4.78 is 5.16. The molecule has 0 aliphatic heterocycles. The summed E-state index contributed by atoms with van der Waals surface area (Å²) in [7, 11) is 0. The summed E-state index contributed by atoms with van der Waals surface area (Å²) >= 11 is 0. The van der Waals surface area contributed by atoms with Crippen LogP contribution < -0.4 is 10.9 Å². The monoisotopic (exact) mass is 219 g/mol. The molecule has 2 aromatic heterocycles. The topological polar surface area (TPSA) is 70.9 Å². The third kappa shape index (κ3) is 2.50. The van der Waals surface area contributed by atoms with Gasteiger partial charge in [0.25, 0.3) is 5.56 Å². The maximum absolute atomic E-state index is 11.3. The van der Waals surface area contributed by atoms with E-state index in [9.17, 15) is 4.79 Å². The smallest absolute Gasteiger partial charge is 0.252 e. The van der Waals surface area contributed by atoms with Crippen LogP contribution in [-0.4, -0.2) is 9.97 Å². The number of hydrogen-bond acceptors (Lipinski definition) is 4. The molecule has 0 aliphatic carbocycles. The Bertz CT molecular complexity index is 502. The van der Waals surface area contributed by atoms with Crippen molar-refractivity contribution in [1.29, 1.82) is 0 Å². The Balaban J connectivity index is 2.09. The minimum absolute atomic E-state index is 0.145. The van der Waals surface area contributed by atoms with Crippen molar-refractivity contribution < 1.29 is 4.42 Å². The van der Waals surface area contributed by atoms with Crippen LogP contribution in [0, 0.1) is 0 Å². The molecule has 0 amide bonds. The van der Waals surface area contributed by atoms with Gasteiger partial charge in [-0.2, -0.15) is 0 Å². The third-order valence-electron chi connectivity index (χ3n) is 2.17. The molecule has 0 fully saturated rings. The number of aromatic nitrogens is 2. The summed E-state index contributed by atoms with van der Waals surface area (Å²) in [4.78, 5) is 18.1. The lowest BCUT2D eigenvalue weighted by molar-refractivity contribution is 0.517. The number of H-pyrrole nitrogens is 1. The van der Waals surface area contributed by atoms with Crippen molar-refractivity contribution in [2.75, 3.05) is 5.32 Å². The highest BCUT2D eigenvalue weighted by Gasteiger charge is 2.00. The molecule has 2 N–H and O–H groups in total. The van der Waals surface area contributed by atoms with E-state index >= 15 is 0 Å². The molecule has 0 spiro atoms. The van der Waals surface area contributed by atoms with E-state index in [0.717, 1.165) is 17.9 Å². The summed E-state index contributed by atoms with van der Waals surface area (Å²) in [5.74, 6) is 1.27. The van der Waals surface area contributed by atoms with E-state index in [-0.39, 0.29) is 5.56 Å². The quantitative estimate of drug-likeness (QED) is 0.818. The molecule has 16 heavy (non-hydrogen) atoms. The average molecular weight is 219 g/mol. The van der Waals surface area contributed by atoms with Crippen LogP contribution >= 0.6 is 0 Å². The number of furan rings is 1. The lowest BCUT2D eigenvalue weighted by Gasteiger charge is -2.04. The highest BCUT2D eigenvalue weighted by atomic mass is 16.3. The zero-order valence-corrected chi connectivity index (χ0v) is 8.99. The van der Waals surface area contributed by atoms with E-state index in [4.69, 9.17) is 4.42 Å². The fourth-order valence-corrected chi connectivity index (χ4v) is 1.36. The molecule has 0 radical (unpaired) electrons. The molecule has 2 aromatic rings. The number of aromatic amines is 1. The van der Waals surface area contributed by atoms with E-state index in [1.807, 2.05) is 19.1 Å². The average Bonchev–Trinajstić information content (AvgIpc) is 2.78. The molecule has 0 saturated heterocycles. The van der Waals surface area contributed by atoms with Gasteiger partial charge in [-0.1, -0.05) is 6.92 Å². The highest BCUT2D eigenvalue weighted by Crippen LogP contribution is 2.03. The van der Waals surface area contributed by atoms with Crippen LogP contribution in [0.2, 0.25) is 0 Å². The van der Waals surface area contributed by atoms with Gasteiger partial charge in [-0.15, -0.1) is 0 Å². The van der Waals surface area contributed by atoms with E-state index in [1.54, 1.807) is 6.26 Å². The van der Waals surface area contributed by atoms with Crippen LogP contribution in [-0.2, 0) is 13.0 Å². The fourth-order valence-electron chi connectivity index (χ4n) is 1.36. The first kappa shape index (κ1) is 10.5. The van der Waals surface area contributed by atoms with Crippen molar-refractivity contribution in [3.05, 3.63) is 46.3 Å². The van der Waals surface area contributed by atoms with Gasteiger partial charge in [0.2, 0.25) is 5.95 Å². The Morgan fingerprint density at radius 2 is 2.44 bits per heavy atom. The first-order chi connectivity index (χ1) is 7.78. The van der Waals surface area contributed by atoms with Crippen molar-refractivity contribution in [3.8, 4) is 0 Å². The molecule has 5 heteroatoms. The van der Waals surface area contributed by atoms with Crippen molar-refractivity contribution in [2.24, 2.45) is 0 Å².